The molecule has 6 spiro atoms. The number of pyridine rings is 3. The third kappa shape index (κ3) is 9.92. The maximum atomic E-state index is 14.0. The van der Waals surface area contributed by atoms with Crippen molar-refractivity contribution in [1.29, 1.82) is 0 Å². The van der Waals surface area contributed by atoms with Crippen molar-refractivity contribution in [2.75, 3.05) is 26.2 Å². The number of alkyl halides is 4. The van der Waals surface area contributed by atoms with Crippen LogP contribution >= 0.6 is 0 Å². The molecule has 6 aromatic rings. The number of carbonyl (C=O) groups is 1. The summed E-state index contributed by atoms with van der Waals surface area (Å²) in [5.74, 6) is -1.64. The van der Waals surface area contributed by atoms with Crippen LogP contribution in [0.3, 0.4) is 0 Å². The van der Waals surface area contributed by atoms with Gasteiger partial charge < -0.3 is 14.2 Å². The number of allylic oxidation sites excluding steroid dienone is 3. The van der Waals surface area contributed by atoms with Crippen LogP contribution in [0.5, 0.6) is 0 Å². The molecule has 0 amide bonds. The molecule has 11 fully saturated rings. The van der Waals surface area contributed by atoms with Gasteiger partial charge in [-0.3, -0.25) is 29.5 Å². The average molecular weight is 1420 g/mol. The first kappa shape index (κ1) is 66.7. The maximum absolute atomic E-state index is 14.0. The van der Waals surface area contributed by atoms with Crippen molar-refractivity contribution in [3.05, 3.63) is 197 Å². The molecule has 0 N–H and O–H groups in total. The number of hydrogen-bond acceptors (Lipinski definition) is 9. The first-order valence-corrected chi connectivity index (χ1v) is 40.8. The second-order valence-corrected chi connectivity index (χ2v) is 37.2. The highest BCUT2D eigenvalue weighted by molar-refractivity contribution is 5.85. The van der Waals surface area contributed by atoms with Crippen LogP contribution in [0, 0.1) is 34.0 Å². The number of ether oxygens (including phenoxy) is 3. The zero-order chi connectivity index (χ0) is 70.9. The van der Waals surface area contributed by atoms with E-state index in [4.69, 9.17) is 14.2 Å². The van der Waals surface area contributed by atoms with E-state index in [-0.39, 0.29) is 87.9 Å². The first-order chi connectivity index (χ1) is 50.6. The zero-order valence-corrected chi connectivity index (χ0v) is 61.6. The van der Waals surface area contributed by atoms with E-state index in [1.807, 2.05) is 37.2 Å². The molecule has 17 atom stereocenters. The minimum Gasteiger partial charge on any atom is -0.359 e. The average Bonchev–Trinajstić information content (AvgIpc) is 1.54. The third-order valence-electron chi connectivity index (χ3n) is 32.4. The Kier molecular flexibility index (Phi) is 14.8. The number of carbonyl (C=O) groups excluding carboxylic acids is 1. The van der Waals surface area contributed by atoms with Gasteiger partial charge in [0, 0.05) is 104 Å². The summed E-state index contributed by atoms with van der Waals surface area (Å²) >= 11 is 0. The maximum Gasteiger partial charge on any atom is 0.261 e. The van der Waals surface area contributed by atoms with Crippen LogP contribution in [0.4, 0.5) is 17.6 Å². The molecule has 6 bridgehead atoms. The Morgan fingerprint density at radius 3 is 1.16 bits per heavy atom. The summed E-state index contributed by atoms with van der Waals surface area (Å²) in [4.78, 5) is 29.6. The molecule has 23 rings (SSSR count). The number of ketones is 1. The minimum absolute atomic E-state index is 0.00350. The van der Waals surface area contributed by atoms with E-state index in [0.717, 1.165) is 103 Å². The summed E-state index contributed by atoms with van der Waals surface area (Å²) in [5, 5.41) is 7.43. The molecule has 11 heterocycles. The predicted molar refractivity (Wildman–Crippen MR) is 402 cm³/mol. The molecular weight excluding hydrogens is 1320 g/mol. The second-order valence-electron chi connectivity index (χ2n) is 37.2. The van der Waals surface area contributed by atoms with Gasteiger partial charge in [0.05, 0.1) is 46.7 Å². The molecule has 13 heteroatoms. The van der Waals surface area contributed by atoms with Crippen LogP contribution in [0.2, 0.25) is 0 Å². The van der Waals surface area contributed by atoms with E-state index in [2.05, 4.69) is 155 Å². The molecule has 6 saturated carbocycles. The molecule has 0 radical (unpaired) electrons. The molecule has 0 unspecified atom stereocenters. The Bertz CT molecular complexity index is 4640. The number of halogens is 4. The van der Waals surface area contributed by atoms with Gasteiger partial charge in [-0.1, -0.05) is 93.6 Å². The van der Waals surface area contributed by atoms with Gasteiger partial charge in [-0.15, -0.1) is 0 Å². The van der Waals surface area contributed by atoms with Crippen LogP contribution in [-0.2, 0) is 19.0 Å². The minimum atomic E-state index is -2.53. The molecule has 105 heavy (non-hydrogen) atoms. The molecular formula is C92H101F4N5O4. The van der Waals surface area contributed by atoms with E-state index < -0.39 is 11.8 Å². The van der Waals surface area contributed by atoms with E-state index >= 15 is 0 Å². The van der Waals surface area contributed by atoms with Gasteiger partial charge in [-0.2, -0.15) is 0 Å². The van der Waals surface area contributed by atoms with E-state index in [0.29, 0.717) is 67.2 Å². The van der Waals surface area contributed by atoms with Crippen molar-refractivity contribution in [3.8, 4) is 0 Å². The number of rotatable bonds is 5. The number of Topliss-reactive ketones (excluding diaryl/α,β-unsaturated/α-hetero) is 1. The fourth-order valence-corrected chi connectivity index (χ4v) is 27.4. The van der Waals surface area contributed by atoms with Crippen LogP contribution in [-0.4, -0.2) is 114 Å². The number of fused-ring (bicyclic) bond motifs is 6. The monoisotopic (exact) mass is 1420 g/mol. The summed E-state index contributed by atoms with van der Waals surface area (Å²) in [6.07, 6.45) is 51.2. The highest BCUT2D eigenvalue weighted by Crippen LogP contribution is 2.73. The van der Waals surface area contributed by atoms with E-state index in [9.17, 15) is 22.4 Å². The lowest BCUT2D eigenvalue weighted by molar-refractivity contribution is -0.146. The Hall–Kier alpha value is -6.48. The second kappa shape index (κ2) is 23.3. The summed E-state index contributed by atoms with van der Waals surface area (Å²) in [7, 11) is 0. The molecule has 3 aromatic heterocycles. The van der Waals surface area contributed by atoms with Crippen LogP contribution in [0.1, 0.15) is 222 Å². The highest BCUT2D eigenvalue weighted by atomic mass is 19.3. The van der Waals surface area contributed by atoms with Gasteiger partial charge >= 0.3 is 0 Å². The van der Waals surface area contributed by atoms with Crippen LogP contribution in [0.25, 0.3) is 32.3 Å². The Morgan fingerprint density at radius 1 is 0.410 bits per heavy atom. The van der Waals surface area contributed by atoms with Gasteiger partial charge in [-0.25, -0.2) is 17.6 Å². The summed E-state index contributed by atoms with van der Waals surface area (Å²) in [5.41, 5.74) is 12.0. The Morgan fingerprint density at radius 2 is 0.781 bits per heavy atom. The van der Waals surface area contributed by atoms with Gasteiger partial charge in [-0.05, 0) is 296 Å². The van der Waals surface area contributed by atoms with Crippen molar-refractivity contribution in [2.24, 2.45) is 34.0 Å². The normalized spacial score (nSPS) is 41.8. The Balaban J connectivity index is 0.000000102. The lowest BCUT2D eigenvalue weighted by atomic mass is 9.58. The van der Waals surface area contributed by atoms with Crippen molar-refractivity contribution in [1.82, 2.24) is 24.8 Å². The predicted octanol–water partition coefficient (Wildman–Crippen LogP) is 20.4. The summed E-state index contributed by atoms with van der Waals surface area (Å²) < 4.78 is 78.1. The third-order valence-corrected chi connectivity index (χ3v) is 32.4. The van der Waals surface area contributed by atoms with Crippen molar-refractivity contribution < 1.29 is 36.6 Å². The molecule has 5 saturated heterocycles. The largest absolute Gasteiger partial charge is 0.359 e. The lowest BCUT2D eigenvalue weighted by Crippen LogP contribution is -2.55. The fraction of sp³-hybridized carbons (Fsp3) is 0.565. The highest BCUT2D eigenvalue weighted by Gasteiger charge is 2.71. The van der Waals surface area contributed by atoms with Gasteiger partial charge in [0.2, 0.25) is 0 Å². The number of hydrogen-bond donors (Lipinski definition) is 0. The molecule has 9 nitrogen and oxygen atoms in total. The van der Waals surface area contributed by atoms with Crippen LogP contribution < -0.4 is 0 Å². The number of likely N-dealkylation sites (tertiary alicyclic amines) is 2. The standard InChI is InChI=1S/2C32H36F2N2O.C28H29NO2/c2*1-29-10-8-25-17-24-4-5-26(36-15-13-31(33,34)20-36)18-30(24)11-12-32(25,37-30)28(29)7-6-27(29)22-3-2-21-9-14-35-19-23(21)16-22;1-26-10-8-22-15-21-4-5-23(30)16-27(21)11-12-28(22,31-27)25(26)7-6-24(26)19-3-2-18-9-13-29-17-20(18)14-19/h2*2-3,8-9,14,16-17,19,26-28H,4-7,10-13,15,18,20H2,1H3;2-3,8-9,13-15,17,24-25H,4-7,10-12,16H2,1H3/t26-,27+,28+,29+,30+,32+;26-,27-,28-,29-,30-,32-;24-,25-,26-,27-,28-/m011/s1. The number of benzene rings is 3. The van der Waals surface area contributed by atoms with E-state index in [1.165, 1.54) is 121 Å². The van der Waals surface area contributed by atoms with E-state index in [1.54, 1.807) is 0 Å². The number of nitrogens with zero attached hydrogens (tertiary/aromatic N) is 5. The smallest absolute Gasteiger partial charge is 0.261 e. The molecule has 17 aliphatic rings. The van der Waals surface area contributed by atoms with Crippen molar-refractivity contribution in [2.45, 2.75) is 263 Å². The molecule has 8 aliphatic heterocycles. The van der Waals surface area contributed by atoms with Gasteiger partial charge in [0.25, 0.3) is 11.8 Å². The van der Waals surface area contributed by atoms with Crippen molar-refractivity contribution >= 4 is 38.1 Å². The SMILES string of the molecule is C[C@]12CC=C3C=C4CCC(=O)C[C@]45CC[C@]3(O5)[C@@H]1CC[C@@H]2c1ccc2ccncc2c1.C[C@]12CC=C3C=C4CC[C@@H](N5CCC(F)(F)C5)C[C@]45CC[C@]3(O5)[C@@H]1CC[C@@H]2c1ccc2ccncc2c1.C[C@]12CC=C3C=C4CC[C@H](N5CCC(F)(F)C5)C[C@]45CC[C@]3(O5)[C@@H]1CC[C@@H]2c1ccc2ccncc2c1. The van der Waals surface area contributed by atoms with Gasteiger partial charge in [0.15, 0.2) is 0 Å². The molecule has 3 aromatic carbocycles. The first-order valence-electron chi connectivity index (χ1n) is 40.8. The van der Waals surface area contributed by atoms with Crippen molar-refractivity contribution in [3.63, 3.8) is 0 Å². The molecule has 546 valence electrons. The fourth-order valence-electron chi connectivity index (χ4n) is 27.4. The summed E-state index contributed by atoms with van der Waals surface area (Å²) in [6.45, 7) is 8.41. The molecule has 9 aliphatic carbocycles. The van der Waals surface area contributed by atoms with Crippen LogP contribution in [0.15, 0.2) is 180 Å². The van der Waals surface area contributed by atoms with Gasteiger partial charge in [0.1, 0.15) is 5.78 Å². The number of aromatic nitrogens is 3. The lowest BCUT2D eigenvalue weighted by Gasteiger charge is -2.55. The quantitative estimate of drug-likeness (QED) is 0.157. The summed E-state index contributed by atoms with van der Waals surface area (Å²) in [6, 6.07) is 27.6. The zero-order valence-electron chi connectivity index (χ0n) is 61.6. The topological polar surface area (TPSA) is 89.9 Å². The Labute approximate surface area is 615 Å².